The third-order valence-corrected chi connectivity index (χ3v) is 1.28. The fourth-order valence-electron chi connectivity index (χ4n) is 0.635. The Kier molecular flexibility index (Phi) is 4.68. The molecular weight excluding hydrogens is 119 g/mol. The van der Waals surface area contributed by atoms with E-state index in [4.69, 9.17) is 4.74 Å². The third-order valence-electron chi connectivity index (χ3n) is 1.28. The van der Waals surface area contributed by atoms with Gasteiger partial charge >= 0.3 is 0 Å². The monoisotopic (exact) mass is 134 g/mol. The Balaban J connectivity index is 0.000000291. The molecule has 1 aliphatic heterocycles. The van der Waals surface area contributed by atoms with Gasteiger partial charge in [-0.3, -0.25) is 0 Å². The number of ether oxygens (including phenoxy) is 1. The molecule has 56 valence electrons. The van der Waals surface area contributed by atoms with Crippen LogP contribution in [0.3, 0.4) is 0 Å². The van der Waals surface area contributed by atoms with Gasteiger partial charge in [-0.25, -0.2) is 4.39 Å². The lowest BCUT2D eigenvalue weighted by Crippen LogP contribution is -2.07. The molecule has 0 N–H and O–H groups in total. The molecule has 0 amide bonds. The summed E-state index contributed by atoms with van der Waals surface area (Å²) in [6, 6.07) is 0. The van der Waals surface area contributed by atoms with Gasteiger partial charge < -0.3 is 4.74 Å². The Morgan fingerprint density at radius 2 is 1.89 bits per heavy atom. The largest absolute Gasteiger partial charge is 0.378 e. The first kappa shape index (κ1) is 8.89. The van der Waals surface area contributed by atoms with Crippen LogP contribution >= 0.6 is 0 Å². The standard InChI is InChI=1S/C5H9FO.C2H6/c1-4-2-7-3-5(4)6;1-2/h4-5H,2-3H2,1H3;1-2H3/t4-,5+;/m0./s1. The first-order chi connectivity index (χ1) is 4.30. The summed E-state index contributed by atoms with van der Waals surface area (Å²) in [6.45, 7) is 6.76. The van der Waals surface area contributed by atoms with Crippen molar-refractivity contribution in [1.82, 2.24) is 0 Å². The fourth-order valence-corrected chi connectivity index (χ4v) is 0.635. The molecule has 0 spiro atoms. The molecule has 1 aliphatic rings. The van der Waals surface area contributed by atoms with E-state index < -0.39 is 6.17 Å². The van der Waals surface area contributed by atoms with E-state index in [1.54, 1.807) is 0 Å². The van der Waals surface area contributed by atoms with Gasteiger partial charge in [0.1, 0.15) is 6.17 Å². The topological polar surface area (TPSA) is 9.23 Å². The normalized spacial score (nSPS) is 33.3. The van der Waals surface area contributed by atoms with Crippen molar-refractivity contribution in [3.8, 4) is 0 Å². The first-order valence-corrected chi connectivity index (χ1v) is 3.52. The maximum Gasteiger partial charge on any atom is 0.128 e. The Hall–Kier alpha value is -0.110. The molecule has 1 nitrogen and oxygen atoms in total. The molecule has 0 aromatic heterocycles. The summed E-state index contributed by atoms with van der Waals surface area (Å²) in [5.74, 6) is 0.125. The molecule has 0 aromatic rings. The molecule has 0 radical (unpaired) electrons. The second-order valence-electron chi connectivity index (χ2n) is 2.03. The van der Waals surface area contributed by atoms with Crippen LogP contribution in [0.1, 0.15) is 20.8 Å². The molecule has 1 rings (SSSR count). The predicted octanol–water partition coefficient (Wildman–Crippen LogP) is 2.02. The average molecular weight is 134 g/mol. The van der Waals surface area contributed by atoms with Crippen LogP contribution in [-0.4, -0.2) is 19.4 Å². The zero-order chi connectivity index (χ0) is 7.28. The average Bonchev–Trinajstić information content (AvgIpc) is 2.23. The highest BCUT2D eigenvalue weighted by Crippen LogP contribution is 2.14. The molecule has 2 heteroatoms. The molecule has 0 saturated carbocycles. The highest BCUT2D eigenvalue weighted by molar-refractivity contribution is 4.68. The van der Waals surface area contributed by atoms with Crippen molar-refractivity contribution in [2.75, 3.05) is 13.2 Å². The Labute approximate surface area is 56.2 Å². The number of alkyl halides is 1. The lowest BCUT2D eigenvalue weighted by atomic mass is 10.1. The lowest BCUT2D eigenvalue weighted by Gasteiger charge is -1.97. The predicted molar refractivity (Wildman–Crippen MR) is 36.2 cm³/mol. The molecule has 0 aromatic carbocycles. The quantitative estimate of drug-likeness (QED) is 0.492. The van der Waals surface area contributed by atoms with Crippen molar-refractivity contribution in [2.24, 2.45) is 5.92 Å². The van der Waals surface area contributed by atoms with Gasteiger partial charge in [-0.05, 0) is 0 Å². The van der Waals surface area contributed by atoms with Crippen LogP contribution < -0.4 is 0 Å². The van der Waals surface area contributed by atoms with E-state index in [2.05, 4.69) is 0 Å². The van der Waals surface area contributed by atoms with E-state index in [-0.39, 0.29) is 5.92 Å². The van der Waals surface area contributed by atoms with Gasteiger partial charge in [-0.15, -0.1) is 0 Å². The van der Waals surface area contributed by atoms with Gasteiger partial charge in [0.15, 0.2) is 0 Å². The van der Waals surface area contributed by atoms with Crippen molar-refractivity contribution in [3.05, 3.63) is 0 Å². The molecule has 2 atom stereocenters. The molecule has 0 bridgehead atoms. The van der Waals surface area contributed by atoms with Crippen LogP contribution in [0.25, 0.3) is 0 Å². The maximum atomic E-state index is 12.2. The minimum absolute atomic E-state index is 0.125. The fraction of sp³-hybridized carbons (Fsp3) is 1.00. The first-order valence-electron chi connectivity index (χ1n) is 3.52. The van der Waals surface area contributed by atoms with Crippen LogP contribution in [0.15, 0.2) is 0 Å². The van der Waals surface area contributed by atoms with E-state index in [1.807, 2.05) is 20.8 Å². The molecule has 0 unspecified atom stereocenters. The van der Waals surface area contributed by atoms with E-state index in [0.29, 0.717) is 13.2 Å². The minimum Gasteiger partial charge on any atom is -0.378 e. The van der Waals surface area contributed by atoms with Crippen LogP contribution in [0, 0.1) is 5.92 Å². The van der Waals surface area contributed by atoms with Crippen LogP contribution in [0.5, 0.6) is 0 Å². The molecular formula is C7H15FO. The summed E-state index contributed by atoms with van der Waals surface area (Å²) in [4.78, 5) is 0. The van der Waals surface area contributed by atoms with Crippen LogP contribution in [0.4, 0.5) is 4.39 Å². The number of hydrogen-bond acceptors (Lipinski definition) is 1. The smallest absolute Gasteiger partial charge is 0.128 e. The van der Waals surface area contributed by atoms with Crippen molar-refractivity contribution in [2.45, 2.75) is 26.9 Å². The zero-order valence-electron chi connectivity index (χ0n) is 6.36. The van der Waals surface area contributed by atoms with Crippen molar-refractivity contribution in [1.29, 1.82) is 0 Å². The van der Waals surface area contributed by atoms with Crippen molar-refractivity contribution < 1.29 is 9.13 Å². The van der Waals surface area contributed by atoms with Crippen LogP contribution in [-0.2, 0) is 4.74 Å². The van der Waals surface area contributed by atoms with Crippen molar-refractivity contribution in [3.63, 3.8) is 0 Å². The SMILES string of the molecule is CC.C[C@H]1COC[C@H]1F. The van der Waals surface area contributed by atoms with Gasteiger partial charge in [0.2, 0.25) is 0 Å². The molecule has 0 aliphatic carbocycles. The minimum atomic E-state index is -0.708. The van der Waals surface area contributed by atoms with E-state index in [1.165, 1.54) is 0 Å². The summed E-state index contributed by atoms with van der Waals surface area (Å²) in [5, 5.41) is 0. The number of hydrogen-bond donors (Lipinski definition) is 0. The summed E-state index contributed by atoms with van der Waals surface area (Å²) in [6.07, 6.45) is -0.708. The summed E-state index contributed by atoms with van der Waals surface area (Å²) >= 11 is 0. The number of halogens is 1. The van der Waals surface area contributed by atoms with Gasteiger partial charge in [0.05, 0.1) is 13.2 Å². The van der Waals surface area contributed by atoms with E-state index in [9.17, 15) is 4.39 Å². The van der Waals surface area contributed by atoms with E-state index >= 15 is 0 Å². The highest BCUT2D eigenvalue weighted by Gasteiger charge is 2.22. The zero-order valence-corrected chi connectivity index (χ0v) is 6.36. The Morgan fingerprint density at radius 3 is 2.00 bits per heavy atom. The second kappa shape index (κ2) is 4.74. The molecule has 1 heterocycles. The molecule has 1 fully saturated rings. The van der Waals surface area contributed by atoms with Crippen LogP contribution in [0.2, 0.25) is 0 Å². The lowest BCUT2D eigenvalue weighted by molar-refractivity contribution is 0.172. The van der Waals surface area contributed by atoms with Gasteiger partial charge in [-0.1, -0.05) is 20.8 Å². The Morgan fingerprint density at radius 1 is 1.33 bits per heavy atom. The summed E-state index contributed by atoms with van der Waals surface area (Å²) in [7, 11) is 0. The Bertz CT molecular complexity index is 57.9. The maximum absolute atomic E-state index is 12.2. The molecule has 1 saturated heterocycles. The van der Waals surface area contributed by atoms with Gasteiger partial charge in [0.25, 0.3) is 0 Å². The molecule has 9 heavy (non-hydrogen) atoms. The summed E-state index contributed by atoms with van der Waals surface area (Å²) in [5.41, 5.74) is 0. The summed E-state index contributed by atoms with van der Waals surface area (Å²) < 4.78 is 17.0. The van der Waals surface area contributed by atoms with E-state index in [0.717, 1.165) is 0 Å². The van der Waals surface area contributed by atoms with Gasteiger partial charge in [0, 0.05) is 5.92 Å². The second-order valence-corrected chi connectivity index (χ2v) is 2.03. The van der Waals surface area contributed by atoms with Gasteiger partial charge in [-0.2, -0.15) is 0 Å². The number of rotatable bonds is 0. The van der Waals surface area contributed by atoms with Crippen molar-refractivity contribution >= 4 is 0 Å². The highest BCUT2D eigenvalue weighted by atomic mass is 19.1. The third kappa shape index (κ3) is 2.80.